The highest BCUT2D eigenvalue weighted by Gasteiger charge is 2.09. The van der Waals surface area contributed by atoms with Crippen LogP contribution in [0.2, 0.25) is 0 Å². The lowest BCUT2D eigenvalue weighted by atomic mass is 10.1. The van der Waals surface area contributed by atoms with Gasteiger partial charge in [0.05, 0.1) is 5.56 Å². The predicted molar refractivity (Wildman–Crippen MR) is 59.6 cm³/mol. The molecule has 1 amide bonds. The zero-order valence-electron chi connectivity index (χ0n) is 7.70. The van der Waals surface area contributed by atoms with Crippen LogP contribution in [0.1, 0.15) is 10.4 Å². The van der Waals surface area contributed by atoms with E-state index in [0.29, 0.717) is 5.56 Å². The van der Waals surface area contributed by atoms with Gasteiger partial charge in [-0.2, -0.15) is 0 Å². The first kappa shape index (κ1) is 9.02. The second-order valence-electron chi connectivity index (χ2n) is 2.98. The van der Waals surface area contributed by atoms with E-state index < -0.39 is 0 Å². The molecule has 1 aromatic heterocycles. The molecule has 0 aliphatic rings. The summed E-state index contributed by atoms with van der Waals surface area (Å²) in [5.74, 6) is -0.0546. The lowest BCUT2D eigenvalue weighted by Gasteiger charge is -1.97. The van der Waals surface area contributed by atoms with E-state index in [1.54, 1.807) is 7.05 Å². The molecular formula is C10H10N2OS. The van der Waals surface area contributed by atoms with Crippen molar-refractivity contribution in [2.45, 2.75) is 0 Å². The average Bonchev–Trinajstić information content (AvgIpc) is 2.59. The van der Waals surface area contributed by atoms with Crippen molar-refractivity contribution in [2.75, 3.05) is 12.8 Å². The normalized spacial score (nSPS) is 10.4. The third-order valence-corrected chi connectivity index (χ3v) is 3.02. The minimum Gasteiger partial charge on any atom is -0.399 e. The van der Waals surface area contributed by atoms with E-state index in [9.17, 15) is 4.79 Å². The summed E-state index contributed by atoms with van der Waals surface area (Å²) in [5, 5.41) is 5.42. The highest BCUT2D eigenvalue weighted by molar-refractivity contribution is 7.17. The van der Waals surface area contributed by atoms with Gasteiger partial charge in [0, 0.05) is 28.2 Å². The number of amides is 1. The van der Waals surface area contributed by atoms with Crippen LogP contribution in [-0.4, -0.2) is 13.0 Å². The smallest absolute Gasteiger partial charge is 0.252 e. The van der Waals surface area contributed by atoms with Crippen LogP contribution in [0.4, 0.5) is 5.69 Å². The van der Waals surface area contributed by atoms with Gasteiger partial charge in [0.15, 0.2) is 0 Å². The first-order chi connectivity index (χ1) is 6.72. The number of nitrogens with two attached hydrogens (primary N) is 1. The molecule has 3 nitrogen and oxygen atoms in total. The van der Waals surface area contributed by atoms with Crippen molar-refractivity contribution in [3.8, 4) is 0 Å². The molecule has 3 N–H and O–H groups in total. The Balaban J connectivity index is 2.64. The molecule has 2 aromatic rings. The maximum absolute atomic E-state index is 11.4. The van der Waals surface area contributed by atoms with Gasteiger partial charge < -0.3 is 11.1 Å². The molecule has 0 aliphatic heterocycles. The fourth-order valence-electron chi connectivity index (χ4n) is 1.36. The number of nitrogen functional groups attached to an aromatic ring is 1. The Labute approximate surface area is 85.5 Å². The Morgan fingerprint density at radius 3 is 3.00 bits per heavy atom. The van der Waals surface area contributed by atoms with E-state index in [2.05, 4.69) is 5.32 Å². The molecule has 1 heterocycles. The number of hydrogen-bond donors (Lipinski definition) is 2. The Kier molecular flexibility index (Phi) is 2.13. The van der Waals surface area contributed by atoms with E-state index in [4.69, 9.17) is 5.73 Å². The van der Waals surface area contributed by atoms with Crippen LogP contribution in [0.25, 0.3) is 10.1 Å². The molecule has 0 aliphatic carbocycles. The number of anilines is 1. The summed E-state index contributed by atoms with van der Waals surface area (Å²) >= 11 is 1.53. The van der Waals surface area contributed by atoms with Crippen LogP contribution in [0.3, 0.4) is 0 Å². The first-order valence-corrected chi connectivity index (χ1v) is 5.09. The van der Waals surface area contributed by atoms with Crippen molar-refractivity contribution >= 4 is 33.0 Å². The molecule has 0 bridgehead atoms. The fraction of sp³-hybridized carbons (Fsp3) is 0.100. The van der Waals surface area contributed by atoms with Gasteiger partial charge in [0.25, 0.3) is 5.91 Å². The van der Waals surface area contributed by atoms with Crippen LogP contribution in [0.15, 0.2) is 23.6 Å². The molecule has 72 valence electrons. The number of fused-ring (bicyclic) bond motifs is 1. The van der Waals surface area contributed by atoms with Crippen LogP contribution < -0.4 is 11.1 Å². The molecule has 0 atom stereocenters. The van der Waals surface area contributed by atoms with Crippen molar-refractivity contribution < 1.29 is 4.79 Å². The molecule has 4 heteroatoms. The highest BCUT2D eigenvalue weighted by Crippen LogP contribution is 2.27. The summed E-state index contributed by atoms with van der Waals surface area (Å²) in [6.45, 7) is 0. The van der Waals surface area contributed by atoms with Crippen molar-refractivity contribution in [1.82, 2.24) is 5.32 Å². The second-order valence-corrected chi connectivity index (χ2v) is 3.90. The Bertz CT molecular complexity index is 490. The van der Waals surface area contributed by atoms with Crippen LogP contribution in [0.5, 0.6) is 0 Å². The van der Waals surface area contributed by atoms with Crippen LogP contribution in [-0.2, 0) is 0 Å². The van der Waals surface area contributed by atoms with Crippen LogP contribution in [0, 0.1) is 0 Å². The Morgan fingerprint density at radius 1 is 1.50 bits per heavy atom. The lowest BCUT2D eigenvalue weighted by Crippen LogP contribution is -2.17. The molecule has 2 rings (SSSR count). The number of hydrogen-bond acceptors (Lipinski definition) is 3. The maximum atomic E-state index is 11.4. The van der Waals surface area contributed by atoms with Crippen molar-refractivity contribution in [3.63, 3.8) is 0 Å². The molecule has 14 heavy (non-hydrogen) atoms. The minimum atomic E-state index is -0.0546. The van der Waals surface area contributed by atoms with Gasteiger partial charge in [-0.25, -0.2) is 0 Å². The van der Waals surface area contributed by atoms with Gasteiger partial charge in [-0.3, -0.25) is 4.79 Å². The van der Waals surface area contributed by atoms with Gasteiger partial charge in [-0.1, -0.05) is 6.07 Å². The summed E-state index contributed by atoms with van der Waals surface area (Å²) in [4.78, 5) is 11.4. The molecular weight excluding hydrogens is 196 g/mol. The van der Waals surface area contributed by atoms with Crippen molar-refractivity contribution in [2.24, 2.45) is 0 Å². The van der Waals surface area contributed by atoms with Gasteiger partial charge in [-0.15, -0.1) is 11.3 Å². The van der Waals surface area contributed by atoms with Gasteiger partial charge in [0.2, 0.25) is 0 Å². The largest absolute Gasteiger partial charge is 0.399 e. The molecule has 0 spiro atoms. The number of nitrogens with one attached hydrogen (secondary N) is 1. The third kappa shape index (κ3) is 1.33. The number of benzene rings is 1. The Hall–Kier alpha value is -1.55. The maximum Gasteiger partial charge on any atom is 0.252 e. The zero-order chi connectivity index (χ0) is 10.1. The quantitative estimate of drug-likeness (QED) is 0.699. The summed E-state index contributed by atoms with van der Waals surface area (Å²) in [6.07, 6.45) is 0. The van der Waals surface area contributed by atoms with E-state index >= 15 is 0 Å². The summed E-state index contributed by atoms with van der Waals surface area (Å²) < 4.78 is 1.05. The monoisotopic (exact) mass is 206 g/mol. The lowest BCUT2D eigenvalue weighted by molar-refractivity contribution is 0.0965. The van der Waals surface area contributed by atoms with Crippen LogP contribution >= 0.6 is 11.3 Å². The topological polar surface area (TPSA) is 55.1 Å². The Morgan fingerprint density at radius 2 is 2.29 bits per heavy atom. The molecule has 0 fully saturated rings. The number of carbonyl (C=O) groups is 1. The SMILES string of the molecule is CNC(=O)c1csc2cc(N)ccc12. The predicted octanol–water partition coefficient (Wildman–Crippen LogP) is 1.84. The first-order valence-electron chi connectivity index (χ1n) is 4.21. The van der Waals surface area contributed by atoms with Gasteiger partial charge >= 0.3 is 0 Å². The summed E-state index contributed by atoms with van der Waals surface area (Å²) in [7, 11) is 1.63. The zero-order valence-corrected chi connectivity index (χ0v) is 8.52. The third-order valence-electron chi connectivity index (χ3n) is 2.07. The van der Waals surface area contributed by atoms with Gasteiger partial charge in [-0.05, 0) is 12.1 Å². The van der Waals surface area contributed by atoms with Crippen molar-refractivity contribution in [3.05, 3.63) is 29.1 Å². The van der Waals surface area contributed by atoms with E-state index in [1.807, 2.05) is 23.6 Å². The molecule has 0 saturated carbocycles. The van der Waals surface area contributed by atoms with E-state index in [-0.39, 0.29) is 5.91 Å². The summed E-state index contributed by atoms with van der Waals surface area (Å²) in [6, 6.07) is 5.57. The molecule has 1 aromatic carbocycles. The van der Waals surface area contributed by atoms with E-state index in [1.165, 1.54) is 11.3 Å². The van der Waals surface area contributed by atoms with Crippen molar-refractivity contribution in [1.29, 1.82) is 0 Å². The highest BCUT2D eigenvalue weighted by atomic mass is 32.1. The number of rotatable bonds is 1. The summed E-state index contributed by atoms with van der Waals surface area (Å²) in [5.41, 5.74) is 7.09. The minimum absolute atomic E-state index is 0.0546. The number of carbonyl (C=O) groups excluding carboxylic acids is 1. The standard InChI is InChI=1S/C10H10N2OS/c1-12-10(13)8-5-14-9-4-6(11)2-3-7(8)9/h2-5H,11H2,1H3,(H,12,13). The molecule has 0 unspecified atom stereocenters. The molecule has 0 saturated heterocycles. The fourth-order valence-corrected chi connectivity index (χ4v) is 2.34. The van der Waals surface area contributed by atoms with Gasteiger partial charge in [0.1, 0.15) is 0 Å². The number of thiophene rings is 1. The average molecular weight is 206 g/mol. The second kappa shape index (κ2) is 3.31. The van der Waals surface area contributed by atoms with E-state index in [0.717, 1.165) is 15.8 Å². The molecule has 0 radical (unpaired) electrons.